The lowest BCUT2D eigenvalue weighted by Gasteiger charge is -2.12. The molecule has 20 heavy (non-hydrogen) atoms. The average molecular weight is 321 g/mol. The van der Waals surface area contributed by atoms with Crippen molar-refractivity contribution in [3.05, 3.63) is 30.1 Å². The second-order valence-electron chi connectivity index (χ2n) is 4.72. The molecule has 114 valence electrons. The highest BCUT2D eigenvalue weighted by Crippen LogP contribution is 2.20. The molecule has 2 atom stereocenters. The van der Waals surface area contributed by atoms with Gasteiger partial charge in [-0.15, -0.1) is 24.2 Å². The minimum absolute atomic E-state index is 0. The molecule has 0 radical (unpaired) electrons. The molecule has 1 aromatic carbocycles. The molecule has 0 fully saturated rings. The van der Waals surface area contributed by atoms with Crippen molar-refractivity contribution in [2.45, 2.75) is 31.2 Å². The van der Waals surface area contributed by atoms with Gasteiger partial charge in [0.15, 0.2) is 0 Å². The zero-order valence-corrected chi connectivity index (χ0v) is 13.4. The molecule has 0 aliphatic heterocycles. The minimum Gasteiger partial charge on any atom is -0.356 e. The third-order valence-corrected chi connectivity index (χ3v) is 3.93. The Hall–Kier alpha value is -0.780. The summed E-state index contributed by atoms with van der Waals surface area (Å²) in [5.41, 5.74) is 5.62. The maximum atomic E-state index is 12.7. The topological polar surface area (TPSA) is 55.1 Å². The molecular formula is C14H22ClFN2OS. The predicted octanol–water partition coefficient (Wildman–Crippen LogP) is 2.83. The van der Waals surface area contributed by atoms with Gasteiger partial charge >= 0.3 is 0 Å². The molecule has 0 aliphatic carbocycles. The summed E-state index contributed by atoms with van der Waals surface area (Å²) in [5.74, 6) is 0.389. The molecular weight excluding hydrogens is 299 g/mol. The first kappa shape index (κ1) is 19.2. The Bertz CT molecular complexity index is 401. The fraction of sp³-hybridized carbons (Fsp3) is 0.500. The molecule has 0 heterocycles. The van der Waals surface area contributed by atoms with Crippen molar-refractivity contribution >= 4 is 30.1 Å². The lowest BCUT2D eigenvalue weighted by atomic mass is 10.2. The van der Waals surface area contributed by atoms with Crippen molar-refractivity contribution in [3.63, 3.8) is 0 Å². The summed E-state index contributed by atoms with van der Waals surface area (Å²) < 4.78 is 12.7. The normalized spacial score (nSPS) is 13.2. The maximum Gasteiger partial charge on any atom is 0.223 e. The van der Waals surface area contributed by atoms with Gasteiger partial charge in [0.05, 0.1) is 0 Å². The Labute approximate surface area is 130 Å². The van der Waals surface area contributed by atoms with Crippen LogP contribution in [0.15, 0.2) is 29.2 Å². The maximum absolute atomic E-state index is 12.7. The van der Waals surface area contributed by atoms with Gasteiger partial charge in [-0.05, 0) is 37.6 Å². The van der Waals surface area contributed by atoms with Crippen LogP contribution in [-0.4, -0.2) is 24.2 Å². The molecule has 3 nitrogen and oxygen atoms in total. The van der Waals surface area contributed by atoms with Crippen LogP contribution in [0.4, 0.5) is 4.39 Å². The zero-order valence-electron chi connectivity index (χ0n) is 11.8. The number of benzene rings is 1. The van der Waals surface area contributed by atoms with Crippen molar-refractivity contribution in [2.75, 3.05) is 12.3 Å². The monoisotopic (exact) mass is 320 g/mol. The van der Waals surface area contributed by atoms with E-state index in [4.69, 9.17) is 5.73 Å². The molecule has 0 saturated carbocycles. The molecule has 0 aromatic heterocycles. The summed E-state index contributed by atoms with van der Waals surface area (Å²) >= 11 is 1.55. The van der Waals surface area contributed by atoms with E-state index >= 15 is 0 Å². The Morgan fingerprint density at radius 3 is 2.50 bits per heavy atom. The van der Waals surface area contributed by atoms with Crippen LogP contribution in [-0.2, 0) is 4.79 Å². The minimum atomic E-state index is -0.244. The van der Waals surface area contributed by atoms with E-state index in [0.717, 1.165) is 11.3 Å². The van der Waals surface area contributed by atoms with Crippen LogP contribution in [0.3, 0.4) is 0 Å². The smallest absolute Gasteiger partial charge is 0.223 e. The molecule has 0 spiro atoms. The lowest BCUT2D eigenvalue weighted by Crippen LogP contribution is -2.33. The van der Waals surface area contributed by atoms with Gasteiger partial charge in [0.2, 0.25) is 5.91 Å². The number of hydrogen-bond acceptors (Lipinski definition) is 3. The Morgan fingerprint density at radius 1 is 1.35 bits per heavy atom. The number of amides is 1. The fourth-order valence-corrected chi connectivity index (χ4v) is 2.35. The predicted molar refractivity (Wildman–Crippen MR) is 84.8 cm³/mol. The van der Waals surface area contributed by atoms with Crippen LogP contribution in [0, 0.1) is 11.7 Å². The summed E-state index contributed by atoms with van der Waals surface area (Å²) in [6.07, 6.45) is 0.781. The van der Waals surface area contributed by atoms with Crippen LogP contribution in [0.1, 0.15) is 20.3 Å². The van der Waals surface area contributed by atoms with E-state index < -0.39 is 0 Å². The van der Waals surface area contributed by atoms with Crippen LogP contribution in [0.2, 0.25) is 0 Å². The van der Waals surface area contributed by atoms with Crippen LogP contribution >= 0.6 is 24.2 Å². The number of nitrogens with two attached hydrogens (primary N) is 1. The van der Waals surface area contributed by atoms with Crippen molar-refractivity contribution in [3.8, 4) is 0 Å². The number of rotatable bonds is 7. The summed E-state index contributed by atoms with van der Waals surface area (Å²) in [7, 11) is 0. The molecule has 0 aliphatic rings. The Morgan fingerprint density at radius 2 is 1.95 bits per heavy atom. The van der Waals surface area contributed by atoms with Gasteiger partial charge in [-0.3, -0.25) is 4.79 Å². The second-order valence-corrected chi connectivity index (χ2v) is 5.82. The Balaban J connectivity index is 0.00000361. The van der Waals surface area contributed by atoms with E-state index in [-0.39, 0.29) is 36.1 Å². The average Bonchev–Trinajstić information content (AvgIpc) is 2.37. The highest BCUT2D eigenvalue weighted by Gasteiger charge is 2.12. The summed E-state index contributed by atoms with van der Waals surface area (Å²) in [5, 5.41) is 2.87. The standard InChI is InChI=1S/C14H21FN2OS.ClH/c1-10(14(18)17-8-7-11(2)16)9-19-13-5-3-12(15)4-6-13;/h3-6,10-11H,7-9,16H2,1-2H3,(H,17,18);1H. The van der Waals surface area contributed by atoms with Gasteiger partial charge in [-0.2, -0.15) is 0 Å². The van der Waals surface area contributed by atoms with Gasteiger partial charge in [-0.1, -0.05) is 6.92 Å². The Kier molecular flexibility index (Phi) is 9.63. The highest BCUT2D eigenvalue weighted by atomic mass is 35.5. The SMILES string of the molecule is CC(N)CCNC(=O)C(C)CSc1ccc(F)cc1.Cl. The highest BCUT2D eigenvalue weighted by molar-refractivity contribution is 7.99. The van der Waals surface area contributed by atoms with E-state index in [1.165, 1.54) is 12.1 Å². The number of nitrogens with one attached hydrogen (secondary N) is 1. The van der Waals surface area contributed by atoms with Gasteiger partial charge in [0, 0.05) is 29.2 Å². The first-order valence-electron chi connectivity index (χ1n) is 6.40. The van der Waals surface area contributed by atoms with E-state index in [1.54, 1.807) is 23.9 Å². The van der Waals surface area contributed by atoms with Gasteiger partial charge in [0.1, 0.15) is 5.82 Å². The molecule has 0 saturated heterocycles. The van der Waals surface area contributed by atoms with Gasteiger partial charge < -0.3 is 11.1 Å². The summed E-state index contributed by atoms with van der Waals surface area (Å²) in [6, 6.07) is 6.40. The quantitative estimate of drug-likeness (QED) is 0.760. The zero-order chi connectivity index (χ0) is 14.3. The molecule has 1 amide bonds. The largest absolute Gasteiger partial charge is 0.356 e. The molecule has 0 bridgehead atoms. The molecule has 1 rings (SSSR count). The van der Waals surface area contributed by atoms with E-state index in [1.807, 2.05) is 13.8 Å². The fourth-order valence-electron chi connectivity index (χ4n) is 1.43. The van der Waals surface area contributed by atoms with Crippen molar-refractivity contribution in [1.29, 1.82) is 0 Å². The van der Waals surface area contributed by atoms with Gasteiger partial charge in [-0.25, -0.2) is 4.39 Å². The molecule has 3 N–H and O–H groups in total. The molecule has 2 unspecified atom stereocenters. The number of carbonyl (C=O) groups excluding carboxylic acids is 1. The third kappa shape index (κ3) is 7.72. The summed E-state index contributed by atoms with van der Waals surface area (Å²) in [4.78, 5) is 12.7. The number of halogens is 2. The van der Waals surface area contributed by atoms with Crippen molar-refractivity contribution in [1.82, 2.24) is 5.32 Å². The van der Waals surface area contributed by atoms with E-state index in [0.29, 0.717) is 12.3 Å². The molecule has 6 heteroatoms. The first-order chi connectivity index (χ1) is 8.99. The van der Waals surface area contributed by atoms with Crippen molar-refractivity contribution < 1.29 is 9.18 Å². The van der Waals surface area contributed by atoms with Crippen molar-refractivity contribution in [2.24, 2.45) is 11.7 Å². The van der Waals surface area contributed by atoms with Crippen LogP contribution in [0.5, 0.6) is 0 Å². The number of thioether (sulfide) groups is 1. The number of carbonyl (C=O) groups is 1. The van der Waals surface area contributed by atoms with Crippen LogP contribution < -0.4 is 11.1 Å². The van der Waals surface area contributed by atoms with E-state index in [2.05, 4.69) is 5.32 Å². The number of hydrogen-bond donors (Lipinski definition) is 2. The third-order valence-electron chi connectivity index (χ3n) is 2.66. The lowest BCUT2D eigenvalue weighted by molar-refractivity contribution is -0.123. The second kappa shape index (κ2) is 10.0. The summed E-state index contributed by atoms with van der Waals surface area (Å²) in [6.45, 7) is 4.42. The van der Waals surface area contributed by atoms with Gasteiger partial charge in [0.25, 0.3) is 0 Å². The van der Waals surface area contributed by atoms with E-state index in [9.17, 15) is 9.18 Å². The molecule has 1 aromatic rings. The van der Waals surface area contributed by atoms with Crippen LogP contribution in [0.25, 0.3) is 0 Å². The first-order valence-corrected chi connectivity index (χ1v) is 7.39.